The lowest BCUT2D eigenvalue weighted by atomic mass is 10.1. The van der Waals surface area contributed by atoms with Crippen molar-refractivity contribution in [2.45, 2.75) is 77.7 Å². The number of esters is 3. The monoisotopic (exact) mass is 623 g/mol. The van der Waals surface area contributed by atoms with Crippen molar-refractivity contribution in [3.8, 4) is 5.75 Å². The van der Waals surface area contributed by atoms with Crippen LogP contribution in [0, 0.1) is 0 Å². The number of nitrogens with zero attached hydrogens (tertiary/aromatic N) is 1. The van der Waals surface area contributed by atoms with Crippen molar-refractivity contribution < 1.29 is 61.4 Å². The van der Waals surface area contributed by atoms with Crippen LogP contribution < -0.4 is 14.2 Å². The first-order valence-corrected chi connectivity index (χ1v) is 15.0. The van der Waals surface area contributed by atoms with Crippen LogP contribution in [-0.2, 0) is 42.4 Å². The van der Waals surface area contributed by atoms with Crippen LogP contribution in [-0.4, -0.2) is 66.0 Å². The van der Waals surface area contributed by atoms with Gasteiger partial charge >= 0.3 is 37.9 Å². The van der Waals surface area contributed by atoms with Gasteiger partial charge in [-0.2, -0.15) is 9.65 Å². The number of carbonyl (C=O) groups is 4. The van der Waals surface area contributed by atoms with Crippen LogP contribution in [0.5, 0.6) is 5.75 Å². The number of aromatic nitrogens is 1. The van der Waals surface area contributed by atoms with Crippen LogP contribution in [0.2, 0.25) is 0 Å². The molecule has 3 rings (SSSR count). The summed E-state index contributed by atoms with van der Waals surface area (Å²) < 4.78 is 48.8. The zero-order valence-corrected chi connectivity index (χ0v) is 25.3. The van der Waals surface area contributed by atoms with E-state index in [1.807, 2.05) is 0 Å². The van der Waals surface area contributed by atoms with Crippen molar-refractivity contribution in [1.29, 1.82) is 0 Å². The largest absolute Gasteiger partial charge is 0.477 e. The molecule has 0 radical (unpaired) electrons. The summed E-state index contributed by atoms with van der Waals surface area (Å²) in [5, 5.41) is 12.0. The topological polar surface area (TPSA) is 177 Å². The van der Waals surface area contributed by atoms with Crippen LogP contribution in [0.1, 0.15) is 57.6 Å². The molecule has 2 heterocycles. The number of ether oxygens (including phenoxy) is 4. The number of benzene rings is 1. The van der Waals surface area contributed by atoms with Crippen LogP contribution in [0.15, 0.2) is 54.9 Å². The highest BCUT2D eigenvalue weighted by Gasteiger charge is 2.54. The summed E-state index contributed by atoms with van der Waals surface area (Å²) in [4.78, 5) is 47.9. The first-order chi connectivity index (χ1) is 20.3. The van der Waals surface area contributed by atoms with Gasteiger partial charge in [-0.1, -0.05) is 18.2 Å². The van der Waals surface area contributed by atoms with E-state index in [0.717, 1.165) is 0 Å². The van der Waals surface area contributed by atoms with Crippen molar-refractivity contribution in [1.82, 2.24) is 5.09 Å². The van der Waals surface area contributed by atoms with E-state index in [4.69, 9.17) is 28.0 Å². The lowest BCUT2D eigenvalue weighted by Crippen LogP contribution is -2.48. The molecule has 15 heteroatoms. The smallest absolute Gasteiger partial charge is 0.459 e. The van der Waals surface area contributed by atoms with Crippen LogP contribution in [0.25, 0.3) is 0 Å². The van der Waals surface area contributed by atoms with Gasteiger partial charge in [0, 0.05) is 26.3 Å². The maximum Gasteiger partial charge on any atom is 0.459 e. The van der Waals surface area contributed by atoms with E-state index >= 15 is 0 Å². The molecule has 0 spiro atoms. The Morgan fingerprint density at radius 1 is 1.00 bits per heavy atom. The Balaban J connectivity index is 1.84. The van der Waals surface area contributed by atoms with E-state index in [0.29, 0.717) is 0 Å². The standard InChI is InChI=1S/C28H35N2O12P/c1-17(2)38-28(35)18(3)29-43(36,42-22-11-7-6-8-12-22)37-15-13-23-24(39-19(4)31)25(40-20(5)32)26(41-23)30-14-9-10-21(16-30)27(33)34/h6-12,14,16-18,23-26H,13,15H2,1-5H3,(H-,29,33,34,36)/p+1/t18-,23+,24+,25+,26+,43?/m0/s1. The van der Waals surface area contributed by atoms with Crippen molar-refractivity contribution in [3.05, 3.63) is 60.4 Å². The number of hydrogen-bond acceptors (Lipinski definition) is 11. The zero-order valence-electron chi connectivity index (χ0n) is 24.4. The van der Waals surface area contributed by atoms with E-state index in [9.17, 15) is 28.8 Å². The SMILES string of the molecule is CC(=O)O[C@@H]1[C@H](OC(C)=O)[C@@H](CCOP(=O)(N[C@@H](C)C(=O)OC(C)C)Oc2ccccc2)O[C@H]1[n+]1cccc(C(=O)O)c1. The molecule has 43 heavy (non-hydrogen) atoms. The summed E-state index contributed by atoms with van der Waals surface area (Å²) in [6, 6.07) is 9.97. The number of hydrogen-bond donors (Lipinski definition) is 2. The summed E-state index contributed by atoms with van der Waals surface area (Å²) >= 11 is 0. The molecule has 234 valence electrons. The van der Waals surface area contributed by atoms with Crippen molar-refractivity contribution in [3.63, 3.8) is 0 Å². The Kier molecular flexibility index (Phi) is 11.8. The Labute approximate surface area is 248 Å². The Morgan fingerprint density at radius 3 is 2.26 bits per heavy atom. The van der Waals surface area contributed by atoms with Gasteiger partial charge < -0.3 is 28.6 Å². The first-order valence-electron chi connectivity index (χ1n) is 13.5. The Morgan fingerprint density at radius 2 is 1.65 bits per heavy atom. The molecular formula is C28H36N2O12P+. The number of aromatic carboxylic acids is 1. The number of carboxylic acid groups (broad SMARTS) is 1. The number of carboxylic acids is 1. The minimum Gasteiger partial charge on any atom is -0.477 e. The molecule has 1 aliphatic rings. The van der Waals surface area contributed by atoms with Crippen LogP contribution >= 0.6 is 7.75 Å². The number of pyridine rings is 1. The molecule has 1 aromatic carbocycles. The predicted octanol–water partition coefficient (Wildman–Crippen LogP) is 2.96. The molecule has 1 aliphatic heterocycles. The van der Waals surface area contributed by atoms with Crippen molar-refractivity contribution in [2.75, 3.05) is 6.61 Å². The molecule has 0 bridgehead atoms. The molecule has 0 saturated carbocycles. The second kappa shape index (κ2) is 15.1. The average molecular weight is 624 g/mol. The molecular weight excluding hydrogens is 587 g/mol. The summed E-state index contributed by atoms with van der Waals surface area (Å²) in [5.41, 5.74) is -0.0568. The van der Waals surface area contributed by atoms with Gasteiger partial charge in [0.2, 0.25) is 6.10 Å². The third kappa shape index (κ3) is 9.85. The van der Waals surface area contributed by atoms with Gasteiger partial charge in [-0.3, -0.25) is 18.9 Å². The van der Waals surface area contributed by atoms with Crippen molar-refractivity contribution in [2.24, 2.45) is 0 Å². The van der Waals surface area contributed by atoms with E-state index in [1.165, 1.54) is 49.9 Å². The molecule has 1 saturated heterocycles. The van der Waals surface area contributed by atoms with Gasteiger partial charge in [-0.25, -0.2) is 9.36 Å². The minimum absolute atomic E-state index is 0.0416. The second-order valence-electron chi connectivity index (χ2n) is 9.92. The van der Waals surface area contributed by atoms with E-state index in [-0.39, 0.29) is 24.3 Å². The molecule has 2 N–H and O–H groups in total. The predicted molar refractivity (Wildman–Crippen MR) is 148 cm³/mol. The molecule has 2 aromatic rings. The highest BCUT2D eigenvalue weighted by atomic mass is 31.2. The fourth-order valence-corrected chi connectivity index (χ4v) is 5.74. The summed E-state index contributed by atoms with van der Waals surface area (Å²) in [6.45, 7) is 6.86. The minimum atomic E-state index is -4.20. The maximum absolute atomic E-state index is 13.8. The summed E-state index contributed by atoms with van der Waals surface area (Å²) in [5.74, 6) is -3.01. The summed E-state index contributed by atoms with van der Waals surface area (Å²) in [6.07, 6.45) is -1.95. The summed E-state index contributed by atoms with van der Waals surface area (Å²) in [7, 11) is -4.20. The van der Waals surface area contributed by atoms with Gasteiger partial charge in [-0.05, 0) is 39.0 Å². The first kappa shape index (κ1) is 33.7. The van der Waals surface area contributed by atoms with Crippen molar-refractivity contribution >= 4 is 31.6 Å². The molecule has 0 aliphatic carbocycles. The second-order valence-corrected chi connectivity index (χ2v) is 11.6. The third-order valence-electron chi connectivity index (χ3n) is 5.94. The Bertz CT molecular complexity index is 1340. The lowest BCUT2D eigenvalue weighted by Gasteiger charge is -2.24. The van der Waals surface area contributed by atoms with Gasteiger partial charge in [0.1, 0.15) is 23.5 Å². The number of para-hydroxylation sites is 1. The fraction of sp³-hybridized carbons (Fsp3) is 0.464. The van der Waals surface area contributed by atoms with E-state index < -0.39 is 68.3 Å². The molecule has 1 fully saturated rings. The number of nitrogens with one attached hydrogen (secondary N) is 1. The number of carbonyl (C=O) groups excluding carboxylic acids is 3. The van der Waals surface area contributed by atoms with Crippen LogP contribution in [0.3, 0.4) is 0 Å². The molecule has 1 unspecified atom stereocenters. The highest BCUT2D eigenvalue weighted by Crippen LogP contribution is 2.45. The van der Waals surface area contributed by atoms with Gasteiger partial charge in [0.25, 0.3) is 0 Å². The maximum atomic E-state index is 13.8. The average Bonchev–Trinajstić information content (AvgIpc) is 3.24. The fourth-order valence-electron chi connectivity index (χ4n) is 4.23. The molecule has 14 nitrogen and oxygen atoms in total. The van der Waals surface area contributed by atoms with Gasteiger partial charge in [0.05, 0.1) is 12.7 Å². The third-order valence-corrected chi connectivity index (χ3v) is 7.62. The number of rotatable bonds is 14. The molecule has 6 atom stereocenters. The zero-order chi connectivity index (χ0) is 31.7. The normalized spacial score (nSPS) is 21.8. The van der Waals surface area contributed by atoms with Gasteiger partial charge in [-0.15, -0.1) is 0 Å². The molecule has 1 aromatic heterocycles. The Hall–Kier alpha value is -3.84. The van der Waals surface area contributed by atoms with Gasteiger partial charge in [0.15, 0.2) is 18.5 Å². The lowest BCUT2D eigenvalue weighted by molar-refractivity contribution is -0.765. The van der Waals surface area contributed by atoms with Crippen LogP contribution in [0.4, 0.5) is 0 Å². The quantitative estimate of drug-likeness (QED) is 0.136. The van der Waals surface area contributed by atoms with E-state index in [2.05, 4.69) is 5.09 Å². The van der Waals surface area contributed by atoms with E-state index in [1.54, 1.807) is 44.2 Å². The molecule has 0 amide bonds. The highest BCUT2D eigenvalue weighted by molar-refractivity contribution is 7.52.